The van der Waals surface area contributed by atoms with Gasteiger partial charge in [-0.3, -0.25) is 9.69 Å². The van der Waals surface area contributed by atoms with Crippen LogP contribution in [0.15, 0.2) is 24.4 Å². The minimum absolute atomic E-state index is 0.204. The Morgan fingerprint density at radius 2 is 2.03 bits per heavy atom. The number of morpholine rings is 1. The summed E-state index contributed by atoms with van der Waals surface area (Å²) in [5.74, 6) is 1.84. The van der Waals surface area contributed by atoms with Crippen molar-refractivity contribution in [2.75, 3.05) is 44.8 Å². The van der Waals surface area contributed by atoms with Crippen LogP contribution in [0, 0.1) is 13.8 Å². The van der Waals surface area contributed by atoms with Crippen molar-refractivity contribution < 1.29 is 18.7 Å². The van der Waals surface area contributed by atoms with Gasteiger partial charge in [0.15, 0.2) is 5.82 Å². The van der Waals surface area contributed by atoms with Crippen LogP contribution in [0.4, 0.5) is 10.2 Å². The predicted octanol–water partition coefficient (Wildman–Crippen LogP) is 3.10. The number of piperidine rings is 1. The van der Waals surface area contributed by atoms with Crippen LogP contribution in [0.1, 0.15) is 42.1 Å². The predicted molar refractivity (Wildman–Crippen MR) is 137 cm³/mol. The summed E-state index contributed by atoms with van der Waals surface area (Å²) < 4.78 is 27.8. The number of anilines is 1. The van der Waals surface area contributed by atoms with Gasteiger partial charge in [0, 0.05) is 37.0 Å². The number of esters is 1. The lowest BCUT2D eigenvalue weighted by Gasteiger charge is -2.35. The molecule has 3 unspecified atom stereocenters. The highest BCUT2D eigenvalue weighted by Crippen LogP contribution is 2.36. The number of nitrogens with zero attached hydrogens (tertiary/aromatic N) is 6. The van der Waals surface area contributed by atoms with E-state index in [-0.39, 0.29) is 24.4 Å². The lowest BCUT2D eigenvalue weighted by Crippen LogP contribution is -2.41. The molecule has 5 heterocycles. The number of hydrogen-bond acceptors (Lipinski definition) is 8. The summed E-state index contributed by atoms with van der Waals surface area (Å²) in [6.45, 7) is 7.11. The van der Waals surface area contributed by atoms with Crippen LogP contribution in [0.25, 0.3) is 16.7 Å². The van der Waals surface area contributed by atoms with E-state index in [0.717, 1.165) is 54.0 Å². The van der Waals surface area contributed by atoms with Crippen molar-refractivity contribution in [2.45, 2.75) is 57.3 Å². The standard InChI is InChI=1S/C27H33FN6O3/c1-16-8-18-12-29-34(26-11-25(30-17(2)31-26)33-13-20-9-19(33)15-37-20)24(18)10-22(16)21-4-6-32(14-23(21)28)7-5-27(35)36-3/h8,10-12,19-21,23H,4-7,9,13-15H2,1-3H3/t19-,20?,21?,23?/m1/s1. The van der Waals surface area contributed by atoms with E-state index in [9.17, 15) is 4.79 Å². The molecule has 0 saturated carbocycles. The van der Waals surface area contributed by atoms with Gasteiger partial charge in [-0.05, 0) is 56.5 Å². The lowest BCUT2D eigenvalue weighted by molar-refractivity contribution is -0.141. The number of ether oxygens (including phenoxy) is 2. The largest absolute Gasteiger partial charge is 0.469 e. The number of halogens is 1. The van der Waals surface area contributed by atoms with Crippen molar-refractivity contribution in [1.29, 1.82) is 0 Å². The van der Waals surface area contributed by atoms with E-state index in [1.807, 2.05) is 35.7 Å². The molecular formula is C27H33FN6O3. The van der Waals surface area contributed by atoms with Gasteiger partial charge in [-0.25, -0.2) is 19.0 Å². The zero-order valence-electron chi connectivity index (χ0n) is 21.6. The number of fused-ring (bicyclic) bond motifs is 3. The summed E-state index contributed by atoms with van der Waals surface area (Å²) in [7, 11) is 1.38. The molecule has 0 radical (unpaired) electrons. The normalized spacial score (nSPS) is 25.8. The van der Waals surface area contributed by atoms with Gasteiger partial charge in [-0.2, -0.15) is 5.10 Å². The first-order valence-electron chi connectivity index (χ1n) is 13.1. The second kappa shape index (κ2) is 9.64. The molecule has 3 aliphatic rings. The number of methoxy groups -OCH3 is 1. The van der Waals surface area contributed by atoms with E-state index in [1.165, 1.54) is 7.11 Å². The monoisotopic (exact) mass is 508 g/mol. The summed E-state index contributed by atoms with van der Waals surface area (Å²) in [5, 5.41) is 5.67. The highest BCUT2D eigenvalue weighted by Gasteiger charge is 2.40. The summed E-state index contributed by atoms with van der Waals surface area (Å²) in [4.78, 5) is 25.2. The first kappa shape index (κ1) is 24.2. The first-order chi connectivity index (χ1) is 17.9. The number of likely N-dealkylation sites (tertiary alicyclic amines) is 1. The molecule has 2 aromatic heterocycles. The Bertz CT molecular complexity index is 1330. The third kappa shape index (κ3) is 4.57. The molecule has 0 amide bonds. The number of aryl methyl sites for hydroxylation is 2. The minimum atomic E-state index is -1.01. The van der Waals surface area contributed by atoms with Gasteiger partial charge in [0.05, 0.1) is 44.0 Å². The lowest BCUT2D eigenvalue weighted by atomic mass is 9.85. The summed E-state index contributed by atoms with van der Waals surface area (Å²) in [6, 6.07) is 6.53. The van der Waals surface area contributed by atoms with E-state index >= 15 is 4.39 Å². The number of aromatic nitrogens is 4. The molecule has 0 aliphatic carbocycles. The number of carbonyl (C=O) groups excluding carboxylic acids is 1. The van der Waals surface area contributed by atoms with Gasteiger partial charge in [0.1, 0.15) is 17.8 Å². The van der Waals surface area contributed by atoms with Crippen LogP contribution in [0.2, 0.25) is 0 Å². The fourth-order valence-electron chi connectivity index (χ4n) is 6.13. The molecule has 0 spiro atoms. The zero-order valence-corrected chi connectivity index (χ0v) is 21.6. The Hall–Kier alpha value is -3.11. The van der Waals surface area contributed by atoms with Crippen molar-refractivity contribution in [3.05, 3.63) is 41.3 Å². The second-order valence-electron chi connectivity index (χ2n) is 10.5. The molecule has 3 saturated heterocycles. The van der Waals surface area contributed by atoms with Crippen molar-refractivity contribution in [3.63, 3.8) is 0 Å². The number of rotatable bonds is 6. The molecule has 37 heavy (non-hydrogen) atoms. The highest BCUT2D eigenvalue weighted by molar-refractivity contribution is 5.82. The van der Waals surface area contributed by atoms with Crippen molar-refractivity contribution in [1.82, 2.24) is 24.6 Å². The fraction of sp³-hybridized carbons (Fsp3) is 0.556. The molecule has 9 nitrogen and oxygen atoms in total. The molecule has 196 valence electrons. The molecule has 6 rings (SSSR count). The Morgan fingerprint density at radius 1 is 1.19 bits per heavy atom. The van der Waals surface area contributed by atoms with Gasteiger partial charge in [-0.1, -0.05) is 0 Å². The Kier molecular flexibility index (Phi) is 6.32. The quantitative estimate of drug-likeness (QED) is 0.470. The highest BCUT2D eigenvalue weighted by atomic mass is 19.1. The Morgan fingerprint density at radius 3 is 2.76 bits per heavy atom. The van der Waals surface area contributed by atoms with Crippen LogP contribution in [0.3, 0.4) is 0 Å². The van der Waals surface area contributed by atoms with Gasteiger partial charge in [-0.15, -0.1) is 0 Å². The molecule has 3 aliphatic heterocycles. The molecule has 4 atom stereocenters. The van der Waals surface area contributed by atoms with Gasteiger partial charge in [0.25, 0.3) is 0 Å². The number of hydrogen-bond donors (Lipinski definition) is 0. The van der Waals surface area contributed by atoms with Crippen molar-refractivity contribution in [3.8, 4) is 5.82 Å². The minimum Gasteiger partial charge on any atom is -0.469 e. The smallest absolute Gasteiger partial charge is 0.306 e. The second-order valence-corrected chi connectivity index (χ2v) is 10.5. The topological polar surface area (TPSA) is 85.6 Å². The first-order valence-corrected chi connectivity index (χ1v) is 13.1. The summed E-state index contributed by atoms with van der Waals surface area (Å²) in [5.41, 5.74) is 2.99. The fourth-order valence-corrected chi connectivity index (χ4v) is 6.13. The van der Waals surface area contributed by atoms with E-state index in [0.29, 0.717) is 37.2 Å². The maximum atomic E-state index is 15.5. The van der Waals surface area contributed by atoms with Crippen LogP contribution in [-0.2, 0) is 14.3 Å². The van der Waals surface area contributed by atoms with Crippen LogP contribution in [-0.4, -0.2) is 88.8 Å². The number of benzene rings is 1. The molecule has 3 aromatic rings. The average molecular weight is 509 g/mol. The maximum Gasteiger partial charge on any atom is 0.306 e. The van der Waals surface area contributed by atoms with E-state index in [2.05, 4.69) is 22.1 Å². The van der Waals surface area contributed by atoms with Crippen LogP contribution in [0.5, 0.6) is 0 Å². The maximum absolute atomic E-state index is 15.5. The van der Waals surface area contributed by atoms with Gasteiger partial charge in [0.2, 0.25) is 0 Å². The third-order valence-corrected chi connectivity index (χ3v) is 8.06. The van der Waals surface area contributed by atoms with E-state index in [4.69, 9.17) is 19.4 Å². The van der Waals surface area contributed by atoms with Crippen molar-refractivity contribution >= 4 is 22.7 Å². The van der Waals surface area contributed by atoms with Gasteiger partial charge >= 0.3 is 5.97 Å². The number of alkyl halides is 1. The van der Waals surface area contributed by atoms with Crippen molar-refractivity contribution in [2.24, 2.45) is 0 Å². The molecule has 0 N–H and O–H groups in total. The van der Waals surface area contributed by atoms with E-state index in [1.54, 1.807) is 0 Å². The zero-order chi connectivity index (χ0) is 25.7. The number of carbonyl (C=O) groups is 1. The van der Waals surface area contributed by atoms with Crippen LogP contribution >= 0.6 is 0 Å². The summed E-state index contributed by atoms with van der Waals surface area (Å²) >= 11 is 0. The Balaban J connectivity index is 1.28. The summed E-state index contributed by atoms with van der Waals surface area (Å²) in [6.07, 6.45) is 3.12. The average Bonchev–Trinajstić information content (AvgIpc) is 3.62. The molecular weight excluding hydrogens is 475 g/mol. The molecule has 10 heteroatoms. The van der Waals surface area contributed by atoms with Gasteiger partial charge < -0.3 is 14.4 Å². The Labute approximate surface area is 215 Å². The SMILES string of the molecule is COC(=O)CCN1CCC(c2cc3c(cnn3-c3cc(N4CC5C[C@@H]4CO5)nc(C)n3)cc2C)C(F)C1. The van der Waals surface area contributed by atoms with Crippen LogP contribution < -0.4 is 4.90 Å². The van der Waals surface area contributed by atoms with E-state index < -0.39 is 6.17 Å². The molecule has 2 bridgehead atoms. The molecule has 3 fully saturated rings. The molecule has 1 aromatic carbocycles. The third-order valence-electron chi connectivity index (χ3n) is 8.06.